The summed E-state index contributed by atoms with van der Waals surface area (Å²) in [7, 11) is 0. The summed E-state index contributed by atoms with van der Waals surface area (Å²) in [4.78, 5) is 2.49. The fourth-order valence-electron chi connectivity index (χ4n) is 2.82. The fourth-order valence-corrected chi connectivity index (χ4v) is 2.82. The predicted octanol–water partition coefficient (Wildman–Crippen LogP) is 2.13. The maximum Gasteiger partial charge on any atom is 0.119 e. The number of hydrogen-bond acceptors (Lipinski definition) is 2. The summed E-state index contributed by atoms with van der Waals surface area (Å²) in [6.07, 6.45) is 3.70. The monoisotopic (exact) mass is 203 g/mol. The highest BCUT2D eigenvalue weighted by Gasteiger charge is 2.28. The van der Waals surface area contributed by atoms with Crippen LogP contribution in [0.3, 0.4) is 0 Å². The van der Waals surface area contributed by atoms with Crippen LogP contribution in [0.25, 0.3) is 0 Å². The molecule has 1 aromatic carbocycles. The molecule has 1 heterocycles. The average Bonchev–Trinajstić information content (AvgIpc) is 2.56. The number of likely N-dealkylation sites (tertiary alicyclic amines) is 1. The van der Waals surface area contributed by atoms with E-state index in [1.54, 1.807) is 0 Å². The first-order chi connectivity index (χ1) is 7.34. The Morgan fingerprint density at radius 1 is 1.33 bits per heavy atom. The summed E-state index contributed by atoms with van der Waals surface area (Å²) in [6, 6.07) is 5.94. The molecule has 0 spiro atoms. The first kappa shape index (κ1) is 9.22. The smallest absolute Gasteiger partial charge is 0.119 e. The number of aromatic hydroxyl groups is 1. The van der Waals surface area contributed by atoms with E-state index < -0.39 is 0 Å². The number of benzene rings is 1. The quantitative estimate of drug-likeness (QED) is 0.796. The molecule has 1 saturated heterocycles. The predicted molar refractivity (Wildman–Crippen MR) is 60.2 cm³/mol. The standard InChI is InChI=1S/C13H17NO/c15-12-4-1-3-10-5-6-11(13(10)12)9-14-7-2-8-14/h1,3-4,11,15H,2,5-9H2. The van der Waals surface area contributed by atoms with Crippen molar-refractivity contribution in [3.63, 3.8) is 0 Å². The van der Waals surface area contributed by atoms with Crippen LogP contribution in [0, 0.1) is 0 Å². The van der Waals surface area contributed by atoms with E-state index >= 15 is 0 Å². The molecule has 3 rings (SSSR count). The molecule has 0 amide bonds. The molecule has 80 valence electrons. The second-order valence-electron chi connectivity index (χ2n) is 4.74. The van der Waals surface area contributed by atoms with Gasteiger partial charge in [0.15, 0.2) is 0 Å². The topological polar surface area (TPSA) is 23.5 Å². The minimum absolute atomic E-state index is 0.510. The molecule has 15 heavy (non-hydrogen) atoms. The van der Waals surface area contributed by atoms with E-state index in [0.717, 1.165) is 13.0 Å². The van der Waals surface area contributed by atoms with Crippen molar-refractivity contribution in [3.05, 3.63) is 29.3 Å². The van der Waals surface area contributed by atoms with Gasteiger partial charge in [0.1, 0.15) is 5.75 Å². The van der Waals surface area contributed by atoms with Crippen LogP contribution < -0.4 is 0 Å². The molecule has 1 atom stereocenters. The van der Waals surface area contributed by atoms with E-state index in [4.69, 9.17) is 0 Å². The number of nitrogens with zero attached hydrogens (tertiary/aromatic N) is 1. The van der Waals surface area contributed by atoms with Gasteiger partial charge >= 0.3 is 0 Å². The van der Waals surface area contributed by atoms with Gasteiger partial charge in [0.2, 0.25) is 0 Å². The Balaban J connectivity index is 1.83. The van der Waals surface area contributed by atoms with Crippen molar-refractivity contribution in [1.29, 1.82) is 0 Å². The molecule has 1 aliphatic carbocycles. The number of phenols is 1. The summed E-state index contributed by atoms with van der Waals surface area (Å²) >= 11 is 0. The van der Waals surface area contributed by atoms with Crippen LogP contribution in [-0.2, 0) is 6.42 Å². The highest BCUT2D eigenvalue weighted by molar-refractivity contribution is 5.45. The number of rotatable bonds is 2. The third-order valence-electron chi connectivity index (χ3n) is 3.77. The normalized spacial score (nSPS) is 24.9. The van der Waals surface area contributed by atoms with Crippen LogP contribution in [0.15, 0.2) is 18.2 Å². The highest BCUT2D eigenvalue weighted by atomic mass is 16.3. The van der Waals surface area contributed by atoms with Crippen LogP contribution in [0.5, 0.6) is 5.75 Å². The molecule has 2 aliphatic rings. The van der Waals surface area contributed by atoms with Crippen molar-refractivity contribution < 1.29 is 5.11 Å². The van der Waals surface area contributed by atoms with Crippen LogP contribution in [0.1, 0.15) is 29.9 Å². The van der Waals surface area contributed by atoms with Crippen molar-refractivity contribution in [3.8, 4) is 5.75 Å². The van der Waals surface area contributed by atoms with E-state index in [0.29, 0.717) is 11.7 Å². The molecule has 2 heteroatoms. The van der Waals surface area contributed by atoms with Gasteiger partial charge < -0.3 is 10.0 Å². The molecule has 2 nitrogen and oxygen atoms in total. The van der Waals surface area contributed by atoms with Gasteiger partial charge in [-0.05, 0) is 44.0 Å². The molecule has 1 unspecified atom stereocenters. The zero-order valence-corrected chi connectivity index (χ0v) is 8.95. The van der Waals surface area contributed by atoms with E-state index in [2.05, 4.69) is 11.0 Å². The first-order valence-corrected chi connectivity index (χ1v) is 5.88. The second-order valence-corrected chi connectivity index (χ2v) is 4.74. The average molecular weight is 203 g/mol. The number of aryl methyl sites for hydroxylation is 1. The van der Waals surface area contributed by atoms with Crippen molar-refractivity contribution in [2.24, 2.45) is 0 Å². The Morgan fingerprint density at radius 3 is 2.93 bits per heavy atom. The van der Waals surface area contributed by atoms with Gasteiger partial charge in [0.05, 0.1) is 0 Å². The van der Waals surface area contributed by atoms with Crippen LogP contribution in [-0.4, -0.2) is 29.6 Å². The lowest BCUT2D eigenvalue weighted by Gasteiger charge is -2.33. The third kappa shape index (κ3) is 1.53. The minimum Gasteiger partial charge on any atom is -0.508 e. The Hall–Kier alpha value is -1.02. The minimum atomic E-state index is 0.510. The Morgan fingerprint density at radius 2 is 2.20 bits per heavy atom. The lowest BCUT2D eigenvalue weighted by Crippen LogP contribution is -2.39. The van der Waals surface area contributed by atoms with E-state index in [-0.39, 0.29) is 0 Å². The second kappa shape index (κ2) is 3.53. The van der Waals surface area contributed by atoms with Gasteiger partial charge in [0, 0.05) is 18.0 Å². The van der Waals surface area contributed by atoms with Crippen molar-refractivity contribution in [2.75, 3.05) is 19.6 Å². The molecule has 0 bridgehead atoms. The Labute approximate surface area is 90.5 Å². The molecular formula is C13H17NO. The van der Waals surface area contributed by atoms with Gasteiger partial charge in [-0.25, -0.2) is 0 Å². The molecule has 0 saturated carbocycles. The molecular weight excluding hydrogens is 186 g/mol. The van der Waals surface area contributed by atoms with E-state index in [1.807, 2.05) is 12.1 Å². The highest BCUT2D eigenvalue weighted by Crippen LogP contribution is 2.39. The lowest BCUT2D eigenvalue weighted by molar-refractivity contribution is 0.169. The number of fused-ring (bicyclic) bond motifs is 1. The zero-order valence-electron chi connectivity index (χ0n) is 8.95. The van der Waals surface area contributed by atoms with Gasteiger partial charge in [-0.1, -0.05) is 12.1 Å². The zero-order chi connectivity index (χ0) is 10.3. The maximum atomic E-state index is 9.89. The van der Waals surface area contributed by atoms with Gasteiger partial charge in [-0.3, -0.25) is 0 Å². The Bertz CT molecular complexity index is 371. The molecule has 1 aliphatic heterocycles. The van der Waals surface area contributed by atoms with E-state index in [1.165, 1.54) is 37.1 Å². The number of hydrogen-bond donors (Lipinski definition) is 1. The molecule has 0 aromatic heterocycles. The van der Waals surface area contributed by atoms with E-state index in [9.17, 15) is 5.11 Å². The summed E-state index contributed by atoms with van der Waals surface area (Å²) in [6.45, 7) is 3.64. The fraction of sp³-hybridized carbons (Fsp3) is 0.538. The molecule has 1 aromatic rings. The first-order valence-electron chi connectivity index (χ1n) is 5.88. The van der Waals surface area contributed by atoms with Crippen LogP contribution in [0.2, 0.25) is 0 Å². The summed E-state index contributed by atoms with van der Waals surface area (Å²) in [5, 5.41) is 9.89. The van der Waals surface area contributed by atoms with Gasteiger partial charge in [-0.15, -0.1) is 0 Å². The van der Waals surface area contributed by atoms with Gasteiger partial charge in [-0.2, -0.15) is 0 Å². The number of phenolic OH excluding ortho intramolecular Hbond substituents is 1. The van der Waals surface area contributed by atoms with Gasteiger partial charge in [0.25, 0.3) is 0 Å². The molecule has 0 radical (unpaired) electrons. The summed E-state index contributed by atoms with van der Waals surface area (Å²) in [5.41, 5.74) is 2.59. The molecule has 1 fully saturated rings. The van der Waals surface area contributed by atoms with Crippen LogP contribution >= 0.6 is 0 Å². The largest absolute Gasteiger partial charge is 0.508 e. The summed E-state index contributed by atoms with van der Waals surface area (Å²) < 4.78 is 0. The third-order valence-corrected chi connectivity index (χ3v) is 3.77. The molecule has 1 N–H and O–H groups in total. The van der Waals surface area contributed by atoms with Crippen molar-refractivity contribution in [2.45, 2.75) is 25.2 Å². The SMILES string of the molecule is Oc1cccc2c1C(CN1CCC1)CC2. The summed E-state index contributed by atoms with van der Waals surface area (Å²) in [5.74, 6) is 1.08. The van der Waals surface area contributed by atoms with Crippen molar-refractivity contribution >= 4 is 0 Å². The Kier molecular flexibility index (Phi) is 2.17. The van der Waals surface area contributed by atoms with Crippen molar-refractivity contribution in [1.82, 2.24) is 4.90 Å². The maximum absolute atomic E-state index is 9.89. The van der Waals surface area contributed by atoms with Crippen LogP contribution in [0.4, 0.5) is 0 Å². The lowest BCUT2D eigenvalue weighted by atomic mass is 9.98.